The number of nitrogens with zero attached hydrogens (tertiary/aromatic N) is 2. The smallest absolute Gasteiger partial charge is 0.321 e. The molecule has 1 saturated heterocycles. The Hall–Kier alpha value is -2.85. The molecule has 4 heteroatoms. The largest absolute Gasteiger partial charge is 0.480 e. The molecule has 1 aliphatic rings. The van der Waals surface area contributed by atoms with Crippen LogP contribution in [-0.2, 0) is 11.2 Å². The lowest BCUT2D eigenvalue weighted by Gasteiger charge is -2.39. The lowest BCUT2D eigenvalue weighted by molar-refractivity contribution is -0.143. The van der Waals surface area contributed by atoms with Gasteiger partial charge in [0.05, 0.1) is 0 Å². The number of aliphatic carboxylic acids is 1. The van der Waals surface area contributed by atoms with E-state index in [0.29, 0.717) is 6.42 Å². The first kappa shape index (κ1) is 17.6. The number of para-hydroxylation sites is 1. The van der Waals surface area contributed by atoms with E-state index in [-0.39, 0.29) is 0 Å². The number of carboxylic acids is 1. The number of carboxylic acid groups (broad SMARTS) is 1. The molecule has 1 aliphatic heterocycles. The van der Waals surface area contributed by atoms with Gasteiger partial charge in [0.2, 0.25) is 0 Å². The Kier molecular flexibility index (Phi) is 5.07. The predicted molar refractivity (Wildman–Crippen MR) is 109 cm³/mol. The summed E-state index contributed by atoms with van der Waals surface area (Å²) in [6.45, 7) is 3.22. The molecule has 1 unspecified atom stereocenters. The SMILES string of the molecule is O=C(O)C(Cc1cccc2ccccc12)N1CCN(c2ccccc2)CC1. The number of hydrogen-bond acceptors (Lipinski definition) is 3. The second-order valence-electron chi connectivity index (χ2n) is 7.05. The highest BCUT2D eigenvalue weighted by atomic mass is 16.4. The highest BCUT2D eigenvalue weighted by molar-refractivity contribution is 5.86. The van der Waals surface area contributed by atoms with E-state index in [9.17, 15) is 9.90 Å². The molecule has 0 amide bonds. The first-order valence-corrected chi connectivity index (χ1v) is 9.46. The van der Waals surface area contributed by atoms with Crippen LogP contribution in [-0.4, -0.2) is 48.2 Å². The Morgan fingerprint density at radius 2 is 1.52 bits per heavy atom. The topological polar surface area (TPSA) is 43.8 Å². The maximum absolute atomic E-state index is 12.0. The molecule has 1 atom stereocenters. The molecular weight excluding hydrogens is 336 g/mol. The van der Waals surface area contributed by atoms with E-state index in [1.165, 1.54) is 5.69 Å². The number of carbonyl (C=O) groups is 1. The van der Waals surface area contributed by atoms with Crippen LogP contribution in [0.5, 0.6) is 0 Å². The Balaban J connectivity index is 1.50. The molecule has 0 spiro atoms. The molecule has 3 aromatic rings. The van der Waals surface area contributed by atoms with E-state index in [1.807, 2.05) is 36.4 Å². The molecule has 1 heterocycles. The highest BCUT2D eigenvalue weighted by Gasteiger charge is 2.29. The molecule has 0 aromatic heterocycles. The van der Waals surface area contributed by atoms with Crippen molar-refractivity contribution >= 4 is 22.4 Å². The molecule has 0 saturated carbocycles. The van der Waals surface area contributed by atoms with E-state index < -0.39 is 12.0 Å². The lowest BCUT2D eigenvalue weighted by atomic mass is 9.97. The molecule has 3 aromatic carbocycles. The molecule has 1 N–H and O–H groups in total. The van der Waals surface area contributed by atoms with Gasteiger partial charge in [-0.05, 0) is 34.9 Å². The Bertz CT molecular complexity index is 913. The molecule has 4 nitrogen and oxygen atoms in total. The van der Waals surface area contributed by atoms with Crippen LogP contribution in [0.1, 0.15) is 5.56 Å². The van der Waals surface area contributed by atoms with Crippen molar-refractivity contribution in [2.24, 2.45) is 0 Å². The summed E-state index contributed by atoms with van der Waals surface area (Å²) in [7, 11) is 0. The summed E-state index contributed by atoms with van der Waals surface area (Å²) in [6, 6.07) is 24.2. The van der Waals surface area contributed by atoms with E-state index in [0.717, 1.165) is 42.5 Å². The number of anilines is 1. The lowest BCUT2D eigenvalue weighted by Crippen LogP contribution is -2.53. The standard InChI is InChI=1S/C23H24N2O2/c26-23(27)22(17-19-9-6-8-18-7-4-5-12-21(18)19)25-15-13-24(14-16-25)20-10-2-1-3-11-20/h1-12,22H,13-17H2,(H,26,27). The zero-order valence-electron chi connectivity index (χ0n) is 15.3. The molecule has 1 fully saturated rings. The van der Waals surface area contributed by atoms with E-state index >= 15 is 0 Å². The van der Waals surface area contributed by atoms with Crippen LogP contribution in [0, 0.1) is 0 Å². The second-order valence-corrected chi connectivity index (χ2v) is 7.05. The van der Waals surface area contributed by atoms with E-state index in [2.05, 4.69) is 46.2 Å². The fraction of sp³-hybridized carbons (Fsp3) is 0.261. The van der Waals surface area contributed by atoms with Gasteiger partial charge in [0.15, 0.2) is 0 Å². The second kappa shape index (κ2) is 7.80. The first-order valence-electron chi connectivity index (χ1n) is 9.46. The quantitative estimate of drug-likeness (QED) is 0.754. The van der Waals surface area contributed by atoms with Crippen LogP contribution in [0.15, 0.2) is 72.8 Å². The molecular formula is C23H24N2O2. The van der Waals surface area contributed by atoms with Crippen molar-refractivity contribution in [1.29, 1.82) is 0 Å². The van der Waals surface area contributed by atoms with Gasteiger partial charge in [-0.25, -0.2) is 0 Å². The summed E-state index contributed by atoms with van der Waals surface area (Å²) in [4.78, 5) is 16.5. The average molecular weight is 360 g/mol. The van der Waals surface area contributed by atoms with E-state index in [1.54, 1.807) is 0 Å². The average Bonchev–Trinajstić information content (AvgIpc) is 2.73. The van der Waals surface area contributed by atoms with Crippen molar-refractivity contribution in [1.82, 2.24) is 4.90 Å². The molecule has 0 bridgehead atoms. The third kappa shape index (κ3) is 3.81. The first-order chi connectivity index (χ1) is 13.2. The summed E-state index contributed by atoms with van der Waals surface area (Å²) in [5.41, 5.74) is 2.31. The van der Waals surface area contributed by atoms with Gasteiger partial charge in [-0.15, -0.1) is 0 Å². The van der Waals surface area contributed by atoms with Crippen molar-refractivity contribution in [3.8, 4) is 0 Å². The minimum atomic E-state index is -0.740. The molecule has 4 rings (SSSR count). The third-order valence-corrected chi connectivity index (χ3v) is 5.45. The highest BCUT2D eigenvalue weighted by Crippen LogP contribution is 2.23. The van der Waals surface area contributed by atoms with Crippen LogP contribution in [0.3, 0.4) is 0 Å². The van der Waals surface area contributed by atoms with Gasteiger partial charge in [0.1, 0.15) is 6.04 Å². The number of hydrogen-bond donors (Lipinski definition) is 1. The van der Waals surface area contributed by atoms with Crippen LogP contribution in [0.2, 0.25) is 0 Å². The molecule has 0 aliphatic carbocycles. The van der Waals surface area contributed by atoms with Crippen LogP contribution < -0.4 is 4.90 Å². The van der Waals surface area contributed by atoms with Gasteiger partial charge in [-0.3, -0.25) is 9.69 Å². The molecule has 138 valence electrons. The Labute approximate surface area is 159 Å². The van der Waals surface area contributed by atoms with Crippen LogP contribution >= 0.6 is 0 Å². The van der Waals surface area contributed by atoms with Crippen molar-refractivity contribution < 1.29 is 9.90 Å². The van der Waals surface area contributed by atoms with Gasteiger partial charge in [0, 0.05) is 31.9 Å². The number of piperazine rings is 1. The van der Waals surface area contributed by atoms with Crippen LogP contribution in [0.25, 0.3) is 10.8 Å². The maximum Gasteiger partial charge on any atom is 0.321 e. The van der Waals surface area contributed by atoms with Gasteiger partial charge in [-0.2, -0.15) is 0 Å². The molecule has 0 radical (unpaired) electrons. The monoisotopic (exact) mass is 360 g/mol. The number of rotatable bonds is 5. The van der Waals surface area contributed by atoms with Gasteiger partial charge in [-0.1, -0.05) is 60.7 Å². The number of fused-ring (bicyclic) bond motifs is 1. The summed E-state index contributed by atoms with van der Waals surface area (Å²) < 4.78 is 0. The summed E-state index contributed by atoms with van der Waals surface area (Å²) >= 11 is 0. The Morgan fingerprint density at radius 1 is 0.852 bits per heavy atom. The fourth-order valence-corrected chi connectivity index (χ4v) is 3.98. The van der Waals surface area contributed by atoms with Gasteiger partial charge >= 0.3 is 5.97 Å². The fourth-order valence-electron chi connectivity index (χ4n) is 3.98. The van der Waals surface area contributed by atoms with Crippen molar-refractivity contribution in [2.45, 2.75) is 12.5 Å². The predicted octanol–water partition coefficient (Wildman–Crippen LogP) is 3.66. The minimum Gasteiger partial charge on any atom is -0.480 e. The maximum atomic E-state index is 12.0. The van der Waals surface area contributed by atoms with Gasteiger partial charge in [0.25, 0.3) is 0 Å². The summed E-state index contributed by atoms with van der Waals surface area (Å²) in [5.74, 6) is -0.740. The summed E-state index contributed by atoms with van der Waals surface area (Å²) in [5, 5.41) is 12.2. The normalized spacial score (nSPS) is 16.4. The summed E-state index contributed by atoms with van der Waals surface area (Å²) in [6.07, 6.45) is 0.530. The van der Waals surface area contributed by atoms with Crippen molar-refractivity contribution in [2.75, 3.05) is 31.1 Å². The van der Waals surface area contributed by atoms with Crippen molar-refractivity contribution in [3.05, 3.63) is 78.4 Å². The third-order valence-electron chi connectivity index (χ3n) is 5.45. The van der Waals surface area contributed by atoms with Gasteiger partial charge < -0.3 is 10.0 Å². The Morgan fingerprint density at radius 3 is 2.26 bits per heavy atom. The van der Waals surface area contributed by atoms with Crippen LogP contribution in [0.4, 0.5) is 5.69 Å². The van der Waals surface area contributed by atoms with Crippen molar-refractivity contribution in [3.63, 3.8) is 0 Å². The number of benzene rings is 3. The zero-order valence-corrected chi connectivity index (χ0v) is 15.3. The van der Waals surface area contributed by atoms with E-state index in [4.69, 9.17) is 0 Å². The minimum absolute atomic E-state index is 0.492. The zero-order chi connectivity index (χ0) is 18.6. The molecule has 27 heavy (non-hydrogen) atoms.